The fourth-order valence-electron chi connectivity index (χ4n) is 6.08. The van der Waals surface area contributed by atoms with Crippen LogP contribution in [-0.4, -0.2) is 22.1 Å². The molecule has 35 heavy (non-hydrogen) atoms. The van der Waals surface area contributed by atoms with Crippen molar-refractivity contribution >= 4 is 22.7 Å². The van der Waals surface area contributed by atoms with E-state index in [9.17, 15) is 0 Å². The van der Waals surface area contributed by atoms with Crippen LogP contribution in [0.2, 0.25) is 0 Å². The van der Waals surface area contributed by atoms with Crippen LogP contribution in [0.4, 0.5) is 0 Å². The van der Waals surface area contributed by atoms with Gasteiger partial charge in [0, 0.05) is 22.8 Å². The Labute approximate surface area is 217 Å². The predicted molar refractivity (Wildman–Crippen MR) is 156 cm³/mol. The monoisotopic (exact) mass is 488 g/mol. The number of thioether (sulfide) groups is 1. The van der Waals surface area contributed by atoms with Gasteiger partial charge in [0.25, 0.3) is 0 Å². The lowest BCUT2D eigenvalue weighted by molar-refractivity contribution is 0.564. The minimum atomic E-state index is 0.605. The summed E-state index contributed by atoms with van der Waals surface area (Å²) in [6, 6.07) is 16.5. The quantitative estimate of drug-likeness (QED) is 0.280. The second kappa shape index (κ2) is 11.0. The first-order valence-electron chi connectivity index (χ1n) is 13.4. The molecular weight excluding hydrogens is 444 g/mol. The van der Waals surface area contributed by atoms with Gasteiger partial charge in [0.05, 0.1) is 5.52 Å². The molecule has 2 nitrogen and oxygen atoms in total. The van der Waals surface area contributed by atoms with Crippen molar-refractivity contribution in [2.75, 3.05) is 11.5 Å². The number of rotatable bonds is 6. The Morgan fingerprint density at radius 1 is 1.09 bits per heavy atom. The highest BCUT2D eigenvalue weighted by Crippen LogP contribution is 2.81. The molecule has 4 atom stereocenters. The van der Waals surface area contributed by atoms with Gasteiger partial charge in [0.15, 0.2) is 0 Å². The smallest absolute Gasteiger partial charge is 0.0536 e. The van der Waals surface area contributed by atoms with Gasteiger partial charge in [-0.15, -0.1) is 6.58 Å². The molecule has 3 aliphatic rings. The Balaban J connectivity index is 0.000000213. The van der Waals surface area contributed by atoms with E-state index < -0.39 is 0 Å². The zero-order valence-corrected chi connectivity index (χ0v) is 23.3. The average Bonchev–Trinajstić information content (AvgIpc) is 3.71. The first-order valence-corrected chi connectivity index (χ1v) is 14.6. The second-order valence-electron chi connectivity index (χ2n) is 10.8. The number of aromatic nitrogens is 1. The predicted octanol–water partition coefficient (Wildman–Crippen LogP) is 8.18. The van der Waals surface area contributed by atoms with Crippen LogP contribution in [-0.2, 0) is 6.42 Å². The van der Waals surface area contributed by atoms with Crippen molar-refractivity contribution in [3.8, 4) is 5.69 Å². The largest absolute Gasteiger partial charge is 0.327 e. The van der Waals surface area contributed by atoms with Gasteiger partial charge in [-0.05, 0) is 118 Å². The summed E-state index contributed by atoms with van der Waals surface area (Å²) >= 11 is 2.06. The van der Waals surface area contributed by atoms with E-state index in [-0.39, 0.29) is 0 Å². The van der Waals surface area contributed by atoms with Gasteiger partial charge in [-0.2, -0.15) is 11.8 Å². The molecule has 2 aromatic carbocycles. The molecule has 1 aromatic heterocycles. The maximum atomic E-state index is 5.84. The Bertz CT molecular complexity index is 1160. The van der Waals surface area contributed by atoms with Crippen LogP contribution in [0.5, 0.6) is 0 Å². The van der Waals surface area contributed by atoms with E-state index in [0.717, 1.165) is 23.7 Å². The van der Waals surface area contributed by atoms with Crippen molar-refractivity contribution in [3.05, 3.63) is 77.5 Å². The van der Waals surface area contributed by atoms with Crippen molar-refractivity contribution in [1.29, 1.82) is 0 Å². The van der Waals surface area contributed by atoms with Crippen molar-refractivity contribution < 1.29 is 0 Å². The number of hydrogen-bond donors (Lipinski definition) is 1. The van der Waals surface area contributed by atoms with Crippen molar-refractivity contribution in [3.63, 3.8) is 0 Å². The van der Waals surface area contributed by atoms with Gasteiger partial charge in [-0.3, -0.25) is 0 Å². The lowest BCUT2D eigenvalue weighted by Crippen LogP contribution is -2.20. The Morgan fingerprint density at radius 2 is 1.80 bits per heavy atom. The lowest BCUT2D eigenvalue weighted by atomic mass is 10.1. The number of benzene rings is 2. The molecule has 1 spiro atoms. The summed E-state index contributed by atoms with van der Waals surface area (Å²) in [6.45, 7) is 14.1. The zero-order valence-electron chi connectivity index (χ0n) is 22.4. The molecule has 1 heterocycles. The zero-order chi connectivity index (χ0) is 25.2. The molecule has 0 radical (unpaired) electrons. The number of fused-ring (bicyclic) bond motifs is 1. The highest BCUT2D eigenvalue weighted by atomic mass is 32.2. The van der Waals surface area contributed by atoms with E-state index in [1.54, 1.807) is 6.08 Å². The van der Waals surface area contributed by atoms with E-state index in [4.69, 9.17) is 5.73 Å². The van der Waals surface area contributed by atoms with Crippen LogP contribution in [0.1, 0.15) is 61.9 Å². The van der Waals surface area contributed by atoms with Gasteiger partial charge in [-0.1, -0.05) is 42.8 Å². The Kier molecular flexibility index (Phi) is 8.18. The summed E-state index contributed by atoms with van der Waals surface area (Å²) in [7, 11) is 0. The highest BCUT2D eigenvalue weighted by Gasteiger charge is 2.76. The fourth-order valence-corrected chi connectivity index (χ4v) is 6.96. The van der Waals surface area contributed by atoms with Crippen LogP contribution in [0.3, 0.4) is 0 Å². The summed E-state index contributed by atoms with van der Waals surface area (Å²) in [5, 5.41) is 1.37. The van der Waals surface area contributed by atoms with E-state index in [1.807, 2.05) is 6.92 Å². The molecule has 6 rings (SSSR count). The molecule has 0 amide bonds. The van der Waals surface area contributed by atoms with Gasteiger partial charge in [0.2, 0.25) is 0 Å². The van der Waals surface area contributed by atoms with Crippen molar-refractivity contribution in [1.82, 2.24) is 4.57 Å². The summed E-state index contributed by atoms with van der Waals surface area (Å²) in [5.41, 5.74) is 14.8. The third kappa shape index (κ3) is 5.42. The molecule has 3 heteroatoms. The summed E-state index contributed by atoms with van der Waals surface area (Å²) < 4.78 is 2.41. The van der Waals surface area contributed by atoms with Crippen LogP contribution in [0.25, 0.3) is 16.6 Å². The van der Waals surface area contributed by atoms with Gasteiger partial charge < -0.3 is 10.3 Å². The maximum Gasteiger partial charge on any atom is 0.0536 e. The molecule has 3 aromatic rings. The number of nitrogens with zero attached hydrogens (tertiary/aromatic N) is 1. The van der Waals surface area contributed by atoms with E-state index in [2.05, 4.69) is 93.1 Å². The molecule has 2 N–H and O–H groups in total. The van der Waals surface area contributed by atoms with Crippen LogP contribution >= 0.6 is 11.8 Å². The molecular formula is C32H44N2S. The molecule has 3 unspecified atom stereocenters. The summed E-state index contributed by atoms with van der Waals surface area (Å²) in [5.74, 6) is 4.54. The number of aryl methyl sites for hydroxylation is 3. The van der Waals surface area contributed by atoms with Gasteiger partial charge >= 0.3 is 0 Å². The van der Waals surface area contributed by atoms with Crippen LogP contribution in [0.15, 0.2) is 55.1 Å². The molecule has 0 aliphatic heterocycles. The topological polar surface area (TPSA) is 30.9 Å². The standard InChI is InChI=1S/C22H27NS.C7H11N.C3H6/c1-5-13-24-14-12-19-8-11-21-17(3)18(4)23(22(21)15-19)20-9-6-16(2)7-10-20;8-6-1-4-2-7(4)3-5(6)7;1-3-2/h6-11,15H,5,12-14H2,1-4H3;4-6H,1-3,8H2;3H,1H2,2H3/t;4-,5?,6?,7?;/m.1./s1. The SMILES string of the molecule is C=CC.CCCSCCc1ccc2c(C)c(C)n(-c3ccc(C)cc3)c2c1.NC1C[C@@H]2CC23CC13. The molecule has 0 saturated heterocycles. The van der Waals surface area contributed by atoms with E-state index in [0.29, 0.717) is 6.04 Å². The molecule has 3 saturated carbocycles. The third-order valence-corrected chi connectivity index (χ3v) is 9.48. The third-order valence-electron chi connectivity index (χ3n) is 8.29. The van der Waals surface area contributed by atoms with Crippen LogP contribution in [0, 0.1) is 38.0 Å². The number of allylic oxidation sites excluding steroid dienone is 1. The Morgan fingerprint density at radius 3 is 2.34 bits per heavy atom. The van der Waals surface area contributed by atoms with E-state index >= 15 is 0 Å². The van der Waals surface area contributed by atoms with Gasteiger partial charge in [-0.25, -0.2) is 0 Å². The average molecular weight is 489 g/mol. The number of hydrogen-bond acceptors (Lipinski definition) is 2. The van der Waals surface area contributed by atoms with Gasteiger partial charge in [0.1, 0.15) is 0 Å². The fraction of sp³-hybridized carbons (Fsp3) is 0.500. The van der Waals surface area contributed by atoms with Crippen LogP contribution < -0.4 is 5.73 Å². The Hall–Kier alpha value is -1.97. The highest BCUT2D eigenvalue weighted by molar-refractivity contribution is 7.99. The summed E-state index contributed by atoms with van der Waals surface area (Å²) in [6.07, 6.45) is 8.53. The van der Waals surface area contributed by atoms with E-state index in [1.165, 1.54) is 76.2 Å². The lowest BCUT2D eigenvalue weighted by Gasteiger charge is -2.10. The first kappa shape index (κ1) is 26.1. The number of nitrogens with two attached hydrogens (primary N) is 1. The molecule has 3 fully saturated rings. The van der Waals surface area contributed by atoms with Crippen molar-refractivity contribution in [2.24, 2.45) is 23.0 Å². The molecule has 3 aliphatic carbocycles. The maximum absolute atomic E-state index is 5.84. The normalized spacial score (nSPS) is 25.0. The molecule has 188 valence electrons. The van der Waals surface area contributed by atoms with Crippen molar-refractivity contribution in [2.45, 2.75) is 72.8 Å². The first-order chi connectivity index (χ1) is 16.9. The minimum Gasteiger partial charge on any atom is -0.327 e. The second-order valence-corrected chi connectivity index (χ2v) is 12.1. The minimum absolute atomic E-state index is 0.605. The molecule has 0 bridgehead atoms. The summed E-state index contributed by atoms with van der Waals surface area (Å²) in [4.78, 5) is 0.